The number of nitrogens with zero attached hydrogens (tertiary/aromatic N) is 2. The normalized spacial score (nSPS) is 24.7. The number of halogens is 3. The van der Waals surface area contributed by atoms with Gasteiger partial charge in [0.05, 0.1) is 6.10 Å². The second-order valence-electron chi connectivity index (χ2n) is 8.34. The largest absolute Gasteiger partial charge is 0.523 e. The van der Waals surface area contributed by atoms with Crippen LogP contribution in [0.1, 0.15) is 47.2 Å². The van der Waals surface area contributed by atoms with Crippen molar-refractivity contribution < 1.29 is 40.2 Å². The summed E-state index contributed by atoms with van der Waals surface area (Å²) in [5.41, 5.74) is -3.58. The Morgan fingerprint density at radius 3 is 2.61 bits per heavy atom. The summed E-state index contributed by atoms with van der Waals surface area (Å²) in [7, 11) is -5.68. The SMILES string of the molecule is O=C1CCC(N2Cc3c(CN4CCCC(OS(=O)(=O)C(F)(F)F)C4)cccc3C2=O)C(=O)N1. The maximum atomic E-state index is 12.9. The molecule has 1 aromatic rings. The van der Waals surface area contributed by atoms with E-state index in [1.54, 1.807) is 23.1 Å². The van der Waals surface area contributed by atoms with E-state index in [1.807, 2.05) is 0 Å². The molecule has 2 fully saturated rings. The number of amides is 3. The predicted molar refractivity (Wildman–Crippen MR) is 107 cm³/mol. The molecule has 1 N–H and O–H groups in total. The van der Waals surface area contributed by atoms with Crippen LogP contribution in [0.5, 0.6) is 0 Å². The van der Waals surface area contributed by atoms with Gasteiger partial charge in [0.2, 0.25) is 11.8 Å². The van der Waals surface area contributed by atoms with Gasteiger partial charge in [0.1, 0.15) is 6.04 Å². The first-order valence-corrected chi connectivity index (χ1v) is 11.8. The van der Waals surface area contributed by atoms with Crippen molar-refractivity contribution in [1.29, 1.82) is 0 Å². The summed E-state index contributed by atoms with van der Waals surface area (Å²) in [6.45, 7) is 0.975. The van der Waals surface area contributed by atoms with Crippen LogP contribution < -0.4 is 5.32 Å². The van der Waals surface area contributed by atoms with Crippen LogP contribution in [0.3, 0.4) is 0 Å². The summed E-state index contributed by atoms with van der Waals surface area (Å²) in [6, 6.07) is 4.37. The molecule has 9 nitrogen and oxygen atoms in total. The number of hydrogen-bond donors (Lipinski definition) is 1. The summed E-state index contributed by atoms with van der Waals surface area (Å²) < 4.78 is 65.0. The number of piperidine rings is 2. The van der Waals surface area contributed by atoms with Gasteiger partial charge in [-0.1, -0.05) is 12.1 Å². The number of hydrogen-bond acceptors (Lipinski definition) is 7. The number of rotatable bonds is 5. The van der Waals surface area contributed by atoms with Crippen molar-refractivity contribution in [2.45, 2.75) is 56.4 Å². The molecule has 2 atom stereocenters. The molecule has 3 aliphatic heterocycles. The van der Waals surface area contributed by atoms with Crippen LogP contribution in [-0.2, 0) is 37.0 Å². The first-order valence-electron chi connectivity index (χ1n) is 10.4. The van der Waals surface area contributed by atoms with E-state index >= 15 is 0 Å². The molecule has 2 saturated heterocycles. The van der Waals surface area contributed by atoms with Crippen LogP contribution in [0.2, 0.25) is 0 Å². The van der Waals surface area contributed by atoms with Crippen molar-refractivity contribution in [3.05, 3.63) is 34.9 Å². The molecular weight excluding hydrogens is 467 g/mol. The van der Waals surface area contributed by atoms with Gasteiger partial charge in [0, 0.05) is 31.6 Å². The Balaban J connectivity index is 1.47. The lowest BCUT2D eigenvalue weighted by atomic mass is 10.0. The molecule has 4 rings (SSSR count). The van der Waals surface area contributed by atoms with E-state index in [1.165, 1.54) is 4.90 Å². The lowest BCUT2D eigenvalue weighted by Gasteiger charge is -2.32. The molecule has 3 amide bonds. The Hall–Kier alpha value is -2.51. The first-order chi connectivity index (χ1) is 15.5. The quantitative estimate of drug-likeness (QED) is 0.377. The third kappa shape index (κ3) is 4.75. The molecule has 180 valence electrons. The maximum Gasteiger partial charge on any atom is 0.523 e. The van der Waals surface area contributed by atoms with E-state index in [9.17, 15) is 36.0 Å². The zero-order valence-electron chi connectivity index (χ0n) is 17.4. The van der Waals surface area contributed by atoms with Crippen LogP contribution in [0.4, 0.5) is 13.2 Å². The lowest BCUT2D eigenvalue weighted by Crippen LogP contribution is -2.52. The second kappa shape index (κ2) is 8.69. The van der Waals surface area contributed by atoms with Crippen molar-refractivity contribution in [2.75, 3.05) is 13.1 Å². The van der Waals surface area contributed by atoms with Gasteiger partial charge in [-0.25, -0.2) is 0 Å². The Kier molecular flexibility index (Phi) is 6.22. The van der Waals surface area contributed by atoms with Crippen LogP contribution in [0.15, 0.2) is 18.2 Å². The number of carbonyl (C=O) groups excluding carboxylic acids is 3. The molecular formula is C20H22F3N3O6S. The van der Waals surface area contributed by atoms with Gasteiger partial charge >= 0.3 is 15.6 Å². The third-order valence-electron chi connectivity index (χ3n) is 6.08. The third-order valence-corrected chi connectivity index (χ3v) is 7.17. The molecule has 0 spiro atoms. The summed E-state index contributed by atoms with van der Waals surface area (Å²) in [5.74, 6) is -1.22. The van der Waals surface area contributed by atoms with Crippen LogP contribution in [0, 0.1) is 0 Å². The van der Waals surface area contributed by atoms with E-state index in [4.69, 9.17) is 0 Å². The van der Waals surface area contributed by atoms with Gasteiger partial charge in [0.15, 0.2) is 0 Å². The Bertz CT molecular complexity index is 1090. The summed E-state index contributed by atoms with van der Waals surface area (Å²) >= 11 is 0. The Morgan fingerprint density at radius 2 is 1.91 bits per heavy atom. The van der Waals surface area contributed by atoms with E-state index in [0.717, 1.165) is 5.56 Å². The van der Waals surface area contributed by atoms with E-state index < -0.39 is 33.7 Å². The molecule has 13 heteroatoms. The Morgan fingerprint density at radius 1 is 1.15 bits per heavy atom. The van der Waals surface area contributed by atoms with Gasteiger partial charge in [-0.15, -0.1) is 0 Å². The highest BCUT2D eigenvalue weighted by Crippen LogP contribution is 2.32. The average Bonchev–Trinajstić information content (AvgIpc) is 3.05. The van der Waals surface area contributed by atoms with E-state index in [-0.39, 0.29) is 50.7 Å². The molecule has 1 aromatic carbocycles. The molecule has 33 heavy (non-hydrogen) atoms. The second-order valence-corrected chi connectivity index (χ2v) is 9.90. The number of likely N-dealkylation sites (tertiary alicyclic amines) is 1. The summed E-state index contributed by atoms with van der Waals surface area (Å²) in [6.07, 6.45) is -0.115. The fraction of sp³-hybridized carbons (Fsp3) is 0.550. The van der Waals surface area contributed by atoms with Crippen molar-refractivity contribution >= 4 is 27.8 Å². The monoisotopic (exact) mass is 489 g/mol. The molecule has 2 unspecified atom stereocenters. The molecule has 0 bridgehead atoms. The van der Waals surface area contributed by atoms with Gasteiger partial charge in [0.25, 0.3) is 5.91 Å². The predicted octanol–water partition coefficient (Wildman–Crippen LogP) is 1.28. The van der Waals surface area contributed by atoms with Crippen LogP contribution >= 0.6 is 0 Å². The van der Waals surface area contributed by atoms with Gasteiger partial charge in [-0.05, 0) is 43.0 Å². The number of fused-ring (bicyclic) bond motifs is 1. The molecule has 0 radical (unpaired) electrons. The zero-order valence-corrected chi connectivity index (χ0v) is 18.2. The number of nitrogens with one attached hydrogen (secondary N) is 1. The van der Waals surface area contributed by atoms with Gasteiger partial charge in [-0.3, -0.25) is 28.8 Å². The number of carbonyl (C=O) groups is 3. The molecule has 0 aromatic heterocycles. The van der Waals surface area contributed by atoms with Crippen molar-refractivity contribution in [1.82, 2.24) is 15.1 Å². The minimum atomic E-state index is -5.68. The lowest BCUT2D eigenvalue weighted by molar-refractivity contribution is -0.136. The smallest absolute Gasteiger partial charge is 0.322 e. The van der Waals surface area contributed by atoms with E-state index in [0.29, 0.717) is 24.1 Å². The Labute approximate surface area is 188 Å². The highest BCUT2D eigenvalue weighted by molar-refractivity contribution is 7.87. The fourth-order valence-electron chi connectivity index (χ4n) is 4.51. The first kappa shape index (κ1) is 23.6. The minimum absolute atomic E-state index is 0.0101. The van der Waals surface area contributed by atoms with Crippen molar-refractivity contribution in [2.24, 2.45) is 0 Å². The molecule has 0 saturated carbocycles. The number of benzene rings is 1. The molecule has 3 heterocycles. The highest BCUT2D eigenvalue weighted by atomic mass is 32.2. The maximum absolute atomic E-state index is 12.9. The number of alkyl halides is 3. The molecule has 0 aliphatic carbocycles. The standard InChI is InChI=1S/C20H22F3N3O6S/c21-20(22,23)33(30,31)32-13-4-2-8-25(10-13)9-12-3-1-5-14-15(12)11-26(19(14)29)16-6-7-17(27)24-18(16)28/h1,3,5,13,16H,2,4,6-11H2,(H,24,27,28). The van der Waals surface area contributed by atoms with E-state index in [2.05, 4.69) is 9.50 Å². The fourth-order valence-corrected chi connectivity index (χ4v) is 5.13. The highest BCUT2D eigenvalue weighted by Gasteiger charge is 2.49. The molecule has 3 aliphatic rings. The van der Waals surface area contributed by atoms with Gasteiger partial charge < -0.3 is 4.90 Å². The number of imide groups is 1. The summed E-state index contributed by atoms with van der Waals surface area (Å²) in [4.78, 5) is 39.8. The minimum Gasteiger partial charge on any atom is -0.322 e. The van der Waals surface area contributed by atoms with Gasteiger partial charge in [-0.2, -0.15) is 21.6 Å². The zero-order chi connectivity index (χ0) is 24.0. The van der Waals surface area contributed by atoms with Crippen molar-refractivity contribution in [3.63, 3.8) is 0 Å². The summed E-state index contributed by atoms with van der Waals surface area (Å²) in [5, 5.41) is 2.24. The topological polar surface area (TPSA) is 113 Å². The van der Waals surface area contributed by atoms with Crippen LogP contribution in [-0.4, -0.2) is 66.7 Å². The van der Waals surface area contributed by atoms with Crippen LogP contribution in [0.25, 0.3) is 0 Å². The van der Waals surface area contributed by atoms with Crippen molar-refractivity contribution in [3.8, 4) is 0 Å². The average molecular weight is 489 g/mol.